The van der Waals surface area contributed by atoms with Crippen LogP contribution >= 0.6 is 0 Å². The van der Waals surface area contributed by atoms with Crippen LogP contribution in [0.5, 0.6) is 0 Å². The molecule has 1 aliphatic heterocycles. The Hall–Kier alpha value is -4.00. The molecule has 0 unspecified atom stereocenters. The largest absolute Gasteiger partial charge is 0.347 e. The summed E-state index contributed by atoms with van der Waals surface area (Å²) in [5.74, 6) is 0.658. The lowest BCUT2D eigenvalue weighted by Crippen LogP contribution is -2.31. The summed E-state index contributed by atoms with van der Waals surface area (Å²) in [7, 11) is 3.87. The molecular formula is C28H30N6O. The standard InChI is InChI=1S/C28H30N6O/c1-19-16-20(2)34(31-19)23-13-8-12-22(17-23)27(35)33-15-9-14-25(33)26-24(21-10-6-5-7-11-21)18-29-28(30-26)32(3)4/h5-8,10-13,16-18,25H,9,14-15H2,1-4H3/t25-/m0/s1. The Morgan fingerprint density at radius 3 is 2.54 bits per heavy atom. The van der Waals surface area contributed by atoms with Gasteiger partial charge in [0.15, 0.2) is 0 Å². The Morgan fingerprint density at radius 1 is 1.03 bits per heavy atom. The van der Waals surface area contributed by atoms with E-state index in [9.17, 15) is 4.79 Å². The van der Waals surface area contributed by atoms with Crippen molar-refractivity contribution in [2.45, 2.75) is 32.7 Å². The van der Waals surface area contributed by atoms with Crippen LogP contribution in [0.25, 0.3) is 16.8 Å². The number of aromatic nitrogens is 4. The van der Waals surface area contributed by atoms with Crippen molar-refractivity contribution in [3.05, 3.63) is 89.5 Å². The van der Waals surface area contributed by atoms with Crippen LogP contribution in [0.4, 0.5) is 5.95 Å². The Balaban J connectivity index is 1.53. The number of carbonyl (C=O) groups excluding carboxylic acids is 1. The molecule has 1 saturated heterocycles. The van der Waals surface area contributed by atoms with Gasteiger partial charge in [-0.25, -0.2) is 14.6 Å². The SMILES string of the molecule is Cc1cc(C)n(-c2cccc(C(=O)N3CCC[C@H]3c3nc(N(C)C)ncc3-c3ccccc3)c2)n1. The van der Waals surface area contributed by atoms with Gasteiger partial charge in [-0.3, -0.25) is 4.79 Å². The minimum atomic E-state index is -0.114. The van der Waals surface area contributed by atoms with E-state index in [4.69, 9.17) is 4.98 Å². The molecule has 7 heteroatoms. The number of anilines is 1. The number of nitrogens with zero attached hydrogens (tertiary/aromatic N) is 6. The van der Waals surface area contributed by atoms with Gasteiger partial charge in [0.1, 0.15) is 0 Å². The summed E-state index contributed by atoms with van der Waals surface area (Å²) in [5.41, 5.74) is 6.46. The Labute approximate surface area is 206 Å². The molecule has 1 amide bonds. The number of hydrogen-bond donors (Lipinski definition) is 0. The molecule has 0 radical (unpaired) electrons. The van der Waals surface area contributed by atoms with Crippen molar-refractivity contribution in [2.75, 3.05) is 25.5 Å². The van der Waals surface area contributed by atoms with Crippen LogP contribution in [0.2, 0.25) is 0 Å². The third-order valence-corrected chi connectivity index (χ3v) is 6.47. The molecule has 3 heterocycles. The predicted molar refractivity (Wildman–Crippen MR) is 138 cm³/mol. The van der Waals surface area contributed by atoms with Gasteiger partial charge in [-0.2, -0.15) is 5.10 Å². The van der Waals surface area contributed by atoms with Gasteiger partial charge in [-0.05, 0) is 56.5 Å². The molecule has 7 nitrogen and oxygen atoms in total. The van der Waals surface area contributed by atoms with Gasteiger partial charge in [0, 0.05) is 43.7 Å². The van der Waals surface area contributed by atoms with Gasteiger partial charge < -0.3 is 9.80 Å². The lowest BCUT2D eigenvalue weighted by atomic mass is 9.99. The van der Waals surface area contributed by atoms with Gasteiger partial charge in [0.2, 0.25) is 5.95 Å². The third kappa shape index (κ3) is 4.41. The second-order valence-electron chi connectivity index (χ2n) is 9.28. The van der Waals surface area contributed by atoms with Crippen LogP contribution in [-0.4, -0.2) is 51.2 Å². The summed E-state index contributed by atoms with van der Waals surface area (Å²) in [6.45, 7) is 4.69. The molecule has 2 aromatic heterocycles. The molecule has 0 spiro atoms. The summed E-state index contributed by atoms with van der Waals surface area (Å²) in [6, 6.07) is 19.8. The average Bonchev–Trinajstić information content (AvgIpc) is 3.49. The first-order chi connectivity index (χ1) is 16.9. The highest BCUT2D eigenvalue weighted by Crippen LogP contribution is 2.38. The molecule has 1 fully saturated rings. The molecule has 1 aliphatic rings. The first-order valence-corrected chi connectivity index (χ1v) is 12.0. The topological polar surface area (TPSA) is 67.2 Å². The zero-order chi connectivity index (χ0) is 24.5. The summed E-state index contributed by atoms with van der Waals surface area (Å²) in [6.07, 6.45) is 3.69. The van der Waals surface area contributed by atoms with Gasteiger partial charge in [-0.1, -0.05) is 36.4 Å². The van der Waals surface area contributed by atoms with Crippen molar-refractivity contribution in [1.82, 2.24) is 24.6 Å². The van der Waals surface area contributed by atoms with E-state index in [2.05, 4.69) is 22.2 Å². The van der Waals surface area contributed by atoms with Crippen molar-refractivity contribution in [3.8, 4) is 16.8 Å². The molecule has 0 bridgehead atoms. The van der Waals surface area contributed by atoms with Gasteiger partial charge in [0.05, 0.1) is 23.1 Å². The van der Waals surface area contributed by atoms with E-state index in [1.807, 2.05) is 97.2 Å². The Bertz CT molecular complexity index is 1360. The Kier molecular flexibility index (Phi) is 6.07. The number of likely N-dealkylation sites (tertiary alicyclic amines) is 1. The molecule has 2 aromatic carbocycles. The van der Waals surface area contributed by atoms with Crippen molar-refractivity contribution < 1.29 is 4.79 Å². The highest BCUT2D eigenvalue weighted by Gasteiger charge is 2.34. The maximum absolute atomic E-state index is 13.8. The second-order valence-corrected chi connectivity index (χ2v) is 9.28. The normalized spacial score (nSPS) is 15.4. The quantitative estimate of drug-likeness (QED) is 0.415. The van der Waals surface area contributed by atoms with E-state index < -0.39 is 0 Å². The van der Waals surface area contributed by atoms with Crippen LogP contribution in [-0.2, 0) is 0 Å². The molecule has 35 heavy (non-hydrogen) atoms. The third-order valence-electron chi connectivity index (χ3n) is 6.47. The van der Waals surface area contributed by atoms with Crippen molar-refractivity contribution in [2.24, 2.45) is 0 Å². The molecule has 178 valence electrons. The molecule has 4 aromatic rings. The maximum Gasteiger partial charge on any atom is 0.254 e. The molecular weight excluding hydrogens is 436 g/mol. The van der Waals surface area contributed by atoms with Crippen LogP contribution in [0.1, 0.15) is 46.3 Å². The number of amides is 1. The van der Waals surface area contributed by atoms with Gasteiger partial charge in [0.25, 0.3) is 5.91 Å². The molecule has 5 rings (SSSR count). The van der Waals surface area contributed by atoms with E-state index in [1.54, 1.807) is 0 Å². The van der Waals surface area contributed by atoms with Crippen LogP contribution in [0.3, 0.4) is 0 Å². The second kappa shape index (κ2) is 9.33. The molecule has 1 atom stereocenters. The fourth-order valence-corrected chi connectivity index (χ4v) is 4.82. The first-order valence-electron chi connectivity index (χ1n) is 12.0. The molecule has 0 saturated carbocycles. The lowest BCUT2D eigenvalue weighted by molar-refractivity contribution is 0.0733. The predicted octanol–water partition coefficient (Wildman–Crippen LogP) is 4.99. The minimum Gasteiger partial charge on any atom is -0.347 e. The fraction of sp³-hybridized carbons (Fsp3) is 0.286. The van der Waals surface area contributed by atoms with Crippen LogP contribution in [0, 0.1) is 13.8 Å². The minimum absolute atomic E-state index is 0.0138. The maximum atomic E-state index is 13.8. The van der Waals surface area contributed by atoms with E-state index in [-0.39, 0.29) is 11.9 Å². The molecule has 0 aliphatic carbocycles. The van der Waals surface area contributed by atoms with Crippen LogP contribution < -0.4 is 4.90 Å². The van der Waals surface area contributed by atoms with Crippen molar-refractivity contribution in [3.63, 3.8) is 0 Å². The number of aryl methyl sites for hydroxylation is 2. The van der Waals surface area contributed by atoms with E-state index in [0.29, 0.717) is 18.1 Å². The zero-order valence-electron chi connectivity index (χ0n) is 20.6. The van der Waals surface area contributed by atoms with E-state index >= 15 is 0 Å². The summed E-state index contributed by atoms with van der Waals surface area (Å²) >= 11 is 0. The Morgan fingerprint density at radius 2 is 1.83 bits per heavy atom. The van der Waals surface area contributed by atoms with Gasteiger partial charge in [-0.15, -0.1) is 0 Å². The molecule has 0 N–H and O–H groups in total. The highest BCUT2D eigenvalue weighted by molar-refractivity contribution is 5.95. The van der Waals surface area contributed by atoms with Gasteiger partial charge >= 0.3 is 0 Å². The summed E-state index contributed by atoms with van der Waals surface area (Å²) in [5, 5.41) is 4.58. The van der Waals surface area contributed by atoms with E-state index in [1.165, 1.54) is 0 Å². The highest BCUT2D eigenvalue weighted by atomic mass is 16.2. The van der Waals surface area contributed by atoms with Crippen molar-refractivity contribution in [1.29, 1.82) is 0 Å². The smallest absolute Gasteiger partial charge is 0.254 e. The number of rotatable bonds is 5. The zero-order valence-corrected chi connectivity index (χ0v) is 20.6. The summed E-state index contributed by atoms with van der Waals surface area (Å²) < 4.78 is 1.88. The summed E-state index contributed by atoms with van der Waals surface area (Å²) in [4.78, 5) is 27.2. The monoisotopic (exact) mass is 466 g/mol. The van der Waals surface area contributed by atoms with Crippen LogP contribution in [0.15, 0.2) is 66.9 Å². The van der Waals surface area contributed by atoms with E-state index in [0.717, 1.165) is 46.7 Å². The fourth-order valence-electron chi connectivity index (χ4n) is 4.82. The number of hydrogen-bond acceptors (Lipinski definition) is 5. The number of benzene rings is 2. The number of carbonyl (C=O) groups is 1. The lowest BCUT2D eigenvalue weighted by Gasteiger charge is -2.27. The van der Waals surface area contributed by atoms with Crippen molar-refractivity contribution >= 4 is 11.9 Å². The average molecular weight is 467 g/mol. The first kappa shape index (κ1) is 22.8.